The van der Waals surface area contributed by atoms with E-state index in [-0.39, 0.29) is 5.38 Å². The highest BCUT2D eigenvalue weighted by molar-refractivity contribution is 9.10. The lowest BCUT2D eigenvalue weighted by atomic mass is 10.3. The van der Waals surface area contributed by atoms with Gasteiger partial charge in [0.05, 0.1) is 4.47 Å². The Kier molecular flexibility index (Phi) is 3.27. The predicted octanol–water partition coefficient (Wildman–Crippen LogP) is 2.41. The van der Waals surface area contributed by atoms with Crippen LogP contribution in [0.2, 0.25) is 0 Å². The molecule has 1 unspecified atom stereocenters. The number of halogens is 2. The zero-order valence-electron chi connectivity index (χ0n) is 6.09. The fourth-order valence-corrected chi connectivity index (χ4v) is 1.04. The zero-order chi connectivity index (χ0) is 8.27. The van der Waals surface area contributed by atoms with Gasteiger partial charge in [0.1, 0.15) is 5.82 Å². The molecule has 4 heteroatoms. The summed E-state index contributed by atoms with van der Waals surface area (Å²) in [5, 5.41) is 0.0937. The molecule has 0 fully saturated rings. The third-order valence-electron chi connectivity index (χ3n) is 1.14. The molecule has 1 aromatic heterocycles. The lowest BCUT2D eigenvalue weighted by Gasteiger charge is -1.99. The van der Waals surface area contributed by atoms with E-state index in [9.17, 15) is 0 Å². The highest BCUT2D eigenvalue weighted by atomic mass is 79.9. The van der Waals surface area contributed by atoms with Crippen molar-refractivity contribution in [1.82, 2.24) is 9.97 Å². The van der Waals surface area contributed by atoms with Crippen molar-refractivity contribution >= 4 is 27.5 Å². The molecule has 0 aliphatic heterocycles. The second kappa shape index (κ2) is 4.02. The first kappa shape index (κ1) is 8.94. The average Bonchev–Trinajstić information content (AvgIpc) is 1.93. The summed E-state index contributed by atoms with van der Waals surface area (Å²) < 4.78 is 0.892. The summed E-state index contributed by atoms with van der Waals surface area (Å²) in [5.74, 6) is 0.788. The minimum absolute atomic E-state index is 0.0937. The van der Waals surface area contributed by atoms with E-state index in [1.54, 1.807) is 12.4 Å². The van der Waals surface area contributed by atoms with Crippen LogP contribution in [0.15, 0.2) is 16.9 Å². The Labute approximate surface area is 79.1 Å². The highest BCUT2D eigenvalue weighted by Crippen LogP contribution is 2.07. The number of alkyl halides is 1. The van der Waals surface area contributed by atoms with E-state index in [0.717, 1.165) is 16.7 Å². The normalized spacial score (nSPS) is 13.0. The molecule has 0 aromatic carbocycles. The van der Waals surface area contributed by atoms with Gasteiger partial charge in [-0.05, 0) is 22.9 Å². The summed E-state index contributed by atoms with van der Waals surface area (Å²) in [7, 11) is 0. The number of nitrogens with zero attached hydrogens (tertiary/aromatic N) is 2. The highest BCUT2D eigenvalue weighted by Gasteiger charge is 2.00. The fourth-order valence-electron chi connectivity index (χ4n) is 0.696. The van der Waals surface area contributed by atoms with Crippen LogP contribution in [0.3, 0.4) is 0 Å². The topological polar surface area (TPSA) is 25.8 Å². The molecule has 1 atom stereocenters. The maximum Gasteiger partial charge on any atom is 0.129 e. The molecular formula is C7H8BrClN2. The van der Waals surface area contributed by atoms with Gasteiger partial charge in [-0.2, -0.15) is 0 Å². The van der Waals surface area contributed by atoms with Crippen LogP contribution in [0.4, 0.5) is 0 Å². The van der Waals surface area contributed by atoms with Gasteiger partial charge in [-0.15, -0.1) is 11.6 Å². The summed E-state index contributed by atoms with van der Waals surface area (Å²) in [6.07, 6.45) is 4.16. The lowest BCUT2D eigenvalue weighted by molar-refractivity contribution is 0.839. The van der Waals surface area contributed by atoms with Crippen molar-refractivity contribution in [3.8, 4) is 0 Å². The Hall–Kier alpha value is -0.150. The van der Waals surface area contributed by atoms with Crippen LogP contribution >= 0.6 is 27.5 Å². The summed E-state index contributed by atoms with van der Waals surface area (Å²) >= 11 is 9.01. The van der Waals surface area contributed by atoms with Gasteiger partial charge in [0.2, 0.25) is 0 Å². The molecule has 2 nitrogen and oxygen atoms in total. The van der Waals surface area contributed by atoms with Crippen LogP contribution < -0.4 is 0 Å². The van der Waals surface area contributed by atoms with Gasteiger partial charge in [-0.3, -0.25) is 0 Å². The number of aromatic nitrogens is 2. The van der Waals surface area contributed by atoms with Crippen molar-refractivity contribution in [3.63, 3.8) is 0 Å². The molecule has 0 aliphatic rings. The van der Waals surface area contributed by atoms with Gasteiger partial charge >= 0.3 is 0 Å². The Bertz CT molecular complexity index is 222. The summed E-state index contributed by atoms with van der Waals surface area (Å²) in [6, 6.07) is 0. The van der Waals surface area contributed by atoms with Crippen molar-refractivity contribution in [2.24, 2.45) is 0 Å². The molecule has 1 aromatic rings. The lowest BCUT2D eigenvalue weighted by Crippen LogP contribution is -2.01. The Balaban J connectivity index is 2.66. The molecule has 0 N–H and O–H groups in total. The monoisotopic (exact) mass is 234 g/mol. The minimum atomic E-state index is 0.0937. The molecule has 1 rings (SSSR count). The number of hydrogen-bond acceptors (Lipinski definition) is 2. The van der Waals surface area contributed by atoms with E-state index in [1.165, 1.54) is 0 Å². The molecule has 0 saturated carbocycles. The summed E-state index contributed by atoms with van der Waals surface area (Å²) in [4.78, 5) is 8.15. The van der Waals surface area contributed by atoms with Crippen LogP contribution in [-0.4, -0.2) is 15.3 Å². The average molecular weight is 236 g/mol. The standard InChI is InChI=1S/C7H8BrClN2/c1-5(9)2-7-10-3-6(8)4-11-7/h3-5H,2H2,1H3. The zero-order valence-corrected chi connectivity index (χ0v) is 8.43. The molecule has 1 heterocycles. The molecule has 0 bridgehead atoms. The molecule has 11 heavy (non-hydrogen) atoms. The van der Waals surface area contributed by atoms with E-state index < -0.39 is 0 Å². The molecule has 0 aliphatic carbocycles. The first-order chi connectivity index (χ1) is 5.18. The van der Waals surface area contributed by atoms with Gasteiger partial charge in [-0.25, -0.2) is 9.97 Å². The molecule has 0 saturated heterocycles. The van der Waals surface area contributed by atoms with E-state index in [0.29, 0.717) is 0 Å². The summed E-state index contributed by atoms with van der Waals surface area (Å²) in [5.41, 5.74) is 0. The smallest absolute Gasteiger partial charge is 0.129 e. The Morgan fingerprint density at radius 2 is 2.09 bits per heavy atom. The van der Waals surface area contributed by atoms with Crippen molar-refractivity contribution in [3.05, 3.63) is 22.7 Å². The van der Waals surface area contributed by atoms with Gasteiger partial charge < -0.3 is 0 Å². The van der Waals surface area contributed by atoms with Crippen molar-refractivity contribution in [2.45, 2.75) is 18.7 Å². The van der Waals surface area contributed by atoms with Crippen LogP contribution in [0.1, 0.15) is 12.7 Å². The second-order valence-electron chi connectivity index (χ2n) is 2.30. The molecular weight excluding hydrogens is 227 g/mol. The van der Waals surface area contributed by atoms with Gasteiger partial charge in [0.25, 0.3) is 0 Å². The Morgan fingerprint density at radius 3 is 2.55 bits per heavy atom. The number of hydrogen-bond donors (Lipinski definition) is 0. The minimum Gasteiger partial charge on any atom is -0.240 e. The van der Waals surface area contributed by atoms with E-state index in [2.05, 4.69) is 25.9 Å². The van der Waals surface area contributed by atoms with E-state index in [1.807, 2.05) is 6.92 Å². The molecule has 60 valence electrons. The third kappa shape index (κ3) is 3.16. The first-order valence-corrected chi connectivity index (χ1v) is 4.52. The van der Waals surface area contributed by atoms with Crippen LogP contribution in [0.25, 0.3) is 0 Å². The quantitative estimate of drug-likeness (QED) is 0.736. The SMILES string of the molecule is CC(Cl)Cc1ncc(Br)cn1. The van der Waals surface area contributed by atoms with Gasteiger partial charge in [-0.1, -0.05) is 0 Å². The van der Waals surface area contributed by atoms with Crippen molar-refractivity contribution < 1.29 is 0 Å². The molecule has 0 amide bonds. The molecule has 0 radical (unpaired) electrons. The number of rotatable bonds is 2. The maximum absolute atomic E-state index is 5.76. The first-order valence-electron chi connectivity index (χ1n) is 3.29. The largest absolute Gasteiger partial charge is 0.240 e. The van der Waals surface area contributed by atoms with Crippen molar-refractivity contribution in [1.29, 1.82) is 0 Å². The Morgan fingerprint density at radius 1 is 1.55 bits per heavy atom. The van der Waals surface area contributed by atoms with Crippen LogP contribution in [0, 0.1) is 0 Å². The van der Waals surface area contributed by atoms with Crippen LogP contribution in [0.5, 0.6) is 0 Å². The van der Waals surface area contributed by atoms with Gasteiger partial charge in [0, 0.05) is 24.2 Å². The van der Waals surface area contributed by atoms with E-state index >= 15 is 0 Å². The maximum atomic E-state index is 5.76. The fraction of sp³-hybridized carbons (Fsp3) is 0.429. The molecule has 0 spiro atoms. The van der Waals surface area contributed by atoms with Crippen molar-refractivity contribution in [2.75, 3.05) is 0 Å². The third-order valence-corrected chi connectivity index (χ3v) is 1.70. The van der Waals surface area contributed by atoms with E-state index in [4.69, 9.17) is 11.6 Å². The second-order valence-corrected chi connectivity index (χ2v) is 3.96. The van der Waals surface area contributed by atoms with Gasteiger partial charge in [0.15, 0.2) is 0 Å². The predicted molar refractivity (Wildman–Crippen MR) is 48.8 cm³/mol. The summed E-state index contributed by atoms with van der Waals surface area (Å²) in [6.45, 7) is 1.92. The van der Waals surface area contributed by atoms with Crippen LogP contribution in [-0.2, 0) is 6.42 Å².